The molecule has 0 spiro atoms. The molecule has 0 saturated heterocycles. The predicted octanol–water partition coefficient (Wildman–Crippen LogP) is 13.6. The van der Waals surface area contributed by atoms with Gasteiger partial charge in [0.15, 0.2) is 11.9 Å². The number of carboxylic acids is 2. The Labute approximate surface area is 551 Å². The monoisotopic (exact) mass is 1430 g/mol. The molecule has 0 unspecified atom stereocenters. The third kappa shape index (κ3) is 18.0. The number of fused-ring (bicyclic) bond motifs is 1. The smallest absolute Gasteiger partial charge is 0.398 e. The number of carboxylic acid groups (broad SMARTS) is 2. The van der Waals surface area contributed by atoms with Gasteiger partial charge < -0.3 is 33.1 Å². The molecule has 0 radical (unpaired) electrons. The highest BCUT2D eigenvalue weighted by molar-refractivity contribution is 7.92. The number of nitrogens with two attached hydrogens (primary N) is 4. The van der Waals surface area contributed by atoms with Gasteiger partial charge in [0.05, 0.1) is 66.7 Å². The second-order valence-electron chi connectivity index (χ2n) is 20.5. The standard InChI is InChI=1S/C57H54N16O19S5/c1-4-6-31-8-12-33(13-9-31)62-68-50-44(56(74)75)52(48(60)54(46(50)58)72-64-34-14-10-32(7-5-2)11-15-34)70-66-37-24-30(3)41-25-38(27-43(42(41)26-37)95(82,83)84)67-71-53-45(57(76)77)51(69-63-35-16-20-39(21-17-35)93(78,79)28-91-96(85,86)87)47(59)55(49(53)61)73-65-36-18-22-40(23-19-36)94(80,81)29-92-97(88,89)90/h8-27H,4-7,28-29,58-61H2,1-3H3,(H,74,75)(H,76,77)(H,82,83,84)(H,85,86,87)(H,88,89,90). The molecule has 0 bridgehead atoms. The average molecular weight is 1430 g/mol. The van der Waals surface area contributed by atoms with Gasteiger partial charge in [0.2, 0.25) is 19.7 Å². The molecule has 0 saturated carbocycles. The van der Waals surface area contributed by atoms with Crippen LogP contribution in [-0.4, -0.2) is 89.8 Å². The number of carbonyl (C=O) groups is 2. The van der Waals surface area contributed by atoms with E-state index in [2.05, 4.69) is 69.7 Å². The van der Waals surface area contributed by atoms with E-state index < -0.39 is 151 Å². The van der Waals surface area contributed by atoms with Crippen molar-refractivity contribution in [1.29, 1.82) is 0 Å². The summed E-state index contributed by atoms with van der Waals surface area (Å²) in [6.07, 6.45) is 3.37. The zero-order chi connectivity index (χ0) is 71.0. The molecule has 0 aromatic heterocycles. The first-order valence-electron chi connectivity index (χ1n) is 27.7. The Hall–Kier alpha value is -10.7. The highest BCUT2D eigenvalue weighted by atomic mass is 32.3. The summed E-state index contributed by atoms with van der Waals surface area (Å²) >= 11 is 0. The fourth-order valence-corrected chi connectivity index (χ4v) is 13.0. The minimum absolute atomic E-state index is 0.0411. The summed E-state index contributed by atoms with van der Waals surface area (Å²) in [5, 5.41) is 71.0. The van der Waals surface area contributed by atoms with Crippen LogP contribution in [0.5, 0.6) is 0 Å². The number of anilines is 4. The SMILES string of the molecule is CCCc1ccc(N=Nc2c(N)c(N=Nc3ccc(CCC)cc3)c(C(=O)O)c(N=Nc3cc(C)c4cc(N=Nc5c(N)c(N=Nc6ccc(S(=O)(=O)COS(=O)(=O)O)cc6)c(N)c(N=Nc6ccc(S(=O)(=O)COS(=O)(=O)O)cc6)c5C(=O)O)cc(S(=O)(=O)O)c4c3)c2N)cc1. The summed E-state index contributed by atoms with van der Waals surface area (Å²) in [5.41, 5.74) is 21.2. The summed E-state index contributed by atoms with van der Waals surface area (Å²) in [6.45, 7) is 5.52. The molecular formula is C57H54N16O19S5. The zero-order valence-corrected chi connectivity index (χ0v) is 54.5. The molecule has 0 fully saturated rings. The van der Waals surface area contributed by atoms with Gasteiger partial charge in [-0.25, -0.2) is 34.8 Å². The lowest BCUT2D eigenvalue weighted by Crippen LogP contribution is -2.14. The third-order valence-corrected chi connectivity index (χ3v) is 18.4. The van der Waals surface area contributed by atoms with Crippen molar-refractivity contribution in [3.05, 3.63) is 149 Å². The Balaban J connectivity index is 1.24. The molecule has 35 nitrogen and oxygen atoms in total. The van der Waals surface area contributed by atoms with E-state index in [0.717, 1.165) is 97.5 Å². The van der Waals surface area contributed by atoms with E-state index >= 15 is 0 Å². The van der Waals surface area contributed by atoms with Gasteiger partial charge >= 0.3 is 32.7 Å². The van der Waals surface area contributed by atoms with E-state index in [1.807, 2.05) is 38.1 Å². The van der Waals surface area contributed by atoms with Crippen molar-refractivity contribution in [1.82, 2.24) is 0 Å². The fourth-order valence-electron chi connectivity index (χ4n) is 8.95. The van der Waals surface area contributed by atoms with Gasteiger partial charge in [-0.2, -0.15) is 55.9 Å². The fraction of sp³-hybridized carbons (Fsp3) is 0.158. The van der Waals surface area contributed by atoms with Crippen molar-refractivity contribution in [2.75, 3.05) is 34.8 Å². The largest absolute Gasteiger partial charge is 0.478 e. The van der Waals surface area contributed by atoms with Gasteiger partial charge in [-0.3, -0.25) is 13.7 Å². The first-order chi connectivity index (χ1) is 45.6. The van der Waals surface area contributed by atoms with Crippen LogP contribution in [0.3, 0.4) is 0 Å². The number of nitrogens with zero attached hydrogens (tertiary/aromatic N) is 12. The van der Waals surface area contributed by atoms with E-state index in [4.69, 9.17) is 32.0 Å². The Morgan fingerprint density at radius 3 is 0.979 bits per heavy atom. The maximum absolute atomic E-state index is 13.3. The van der Waals surface area contributed by atoms with Gasteiger partial charge in [-0.05, 0) is 139 Å². The van der Waals surface area contributed by atoms with Crippen LogP contribution in [0, 0.1) is 6.92 Å². The minimum Gasteiger partial charge on any atom is -0.478 e. The van der Waals surface area contributed by atoms with Gasteiger partial charge in [0, 0.05) is 5.39 Å². The maximum Gasteiger partial charge on any atom is 0.398 e. The molecule has 40 heteroatoms. The number of benzene rings is 8. The van der Waals surface area contributed by atoms with Gasteiger partial charge in [0.25, 0.3) is 10.1 Å². The number of hydrogen-bond acceptors (Lipinski definition) is 30. The number of rotatable bonds is 27. The van der Waals surface area contributed by atoms with Crippen molar-refractivity contribution >= 4 is 164 Å². The second kappa shape index (κ2) is 29.5. The number of sulfone groups is 2. The average Bonchev–Trinajstić information content (AvgIpc) is 0.786. The molecule has 8 aromatic carbocycles. The highest BCUT2D eigenvalue weighted by Gasteiger charge is 2.30. The lowest BCUT2D eigenvalue weighted by atomic mass is 10.0. The molecule has 13 N–H and O–H groups in total. The molecular weight excluding hydrogens is 1370 g/mol. The molecule has 0 aliphatic carbocycles. The number of aromatic carboxylic acids is 2. The molecule has 8 aromatic rings. The Kier molecular flexibility index (Phi) is 22.0. The predicted molar refractivity (Wildman–Crippen MR) is 351 cm³/mol. The van der Waals surface area contributed by atoms with Crippen molar-refractivity contribution in [2.45, 2.75) is 61.1 Å². The van der Waals surface area contributed by atoms with E-state index in [1.165, 1.54) is 19.1 Å². The van der Waals surface area contributed by atoms with Crippen LogP contribution in [0.4, 0.5) is 91.0 Å². The van der Waals surface area contributed by atoms with Gasteiger partial charge in [0.1, 0.15) is 50.1 Å². The number of azo groups is 6. The highest BCUT2D eigenvalue weighted by Crippen LogP contribution is 2.51. The summed E-state index contributed by atoms with van der Waals surface area (Å²) in [7, 11) is -24.6. The number of hydrogen-bond donors (Lipinski definition) is 9. The van der Waals surface area contributed by atoms with Gasteiger partial charge in [-0.1, -0.05) is 51.0 Å². The van der Waals surface area contributed by atoms with E-state index in [0.29, 0.717) is 11.4 Å². The molecule has 8 rings (SSSR count). The summed E-state index contributed by atoms with van der Waals surface area (Å²) in [6, 6.07) is 26.6. The zero-order valence-electron chi connectivity index (χ0n) is 50.5. The summed E-state index contributed by atoms with van der Waals surface area (Å²) in [5.74, 6) is -6.46. The van der Waals surface area contributed by atoms with E-state index in [1.54, 1.807) is 24.3 Å². The quantitative estimate of drug-likeness (QED) is 0.0131. The van der Waals surface area contributed by atoms with Crippen LogP contribution in [-0.2, 0) is 71.8 Å². The molecule has 97 heavy (non-hydrogen) atoms. The molecule has 0 heterocycles. The van der Waals surface area contributed by atoms with Crippen LogP contribution in [0.2, 0.25) is 0 Å². The Bertz CT molecular complexity index is 5240. The first-order valence-corrected chi connectivity index (χ1v) is 35.1. The van der Waals surface area contributed by atoms with Crippen molar-refractivity contribution < 1.29 is 83.9 Å². The summed E-state index contributed by atoms with van der Waals surface area (Å²) < 4.78 is 158. The van der Waals surface area contributed by atoms with Crippen LogP contribution >= 0.6 is 0 Å². The Morgan fingerprint density at radius 1 is 0.392 bits per heavy atom. The first kappa shape index (κ1) is 72.1. The lowest BCUT2D eigenvalue weighted by molar-refractivity contribution is 0.0687. The maximum atomic E-state index is 13.3. The number of aryl methyl sites for hydroxylation is 3. The molecule has 0 aliphatic rings. The van der Waals surface area contributed by atoms with Crippen molar-refractivity contribution in [3.63, 3.8) is 0 Å². The van der Waals surface area contributed by atoms with Crippen LogP contribution in [0.1, 0.15) is 64.1 Å². The summed E-state index contributed by atoms with van der Waals surface area (Å²) in [4.78, 5) is 24.6. The topological polar surface area (TPSA) is 577 Å². The minimum atomic E-state index is -5.27. The van der Waals surface area contributed by atoms with Gasteiger partial charge in [-0.15, -0.1) is 30.7 Å². The molecule has 0 aliphatic heterocycles. The van der Waals surface area contributed by atoms with E-state index in [-0.39, 0.29) is 44.8 Å². The van der Waals surface area contributed by atoms with Crippen molar-refractivity contribution in [3.8, 4) is 0 Å². The van der Waals surface area contributed by atoms with Crippen molar-refractivity contribution in [2.24, 2.45) is 61.4 Å². The molecule has 506 valence electrons. The normalized spacial score (nSPS) is 12.8. The van der Waals surface area contributed by atoms with E-state index in [9.17, 15) is 66.4 Å². The third-order valence-electron chi connectivity index (χ3n) is 13.5. The second-order valence-corrected chi connectivity index (χ2v) is 27.9. The van der Waals surface area contributed by atoms with Crippen LogP contribution < -0.4 is 22.9 Å². The lowest BCUT2D eigenvalue weighted by Gasteiger charge is -2.14. The Morgan fingerprint density at radius 2 is 0.680 bits per heavy atom. The van der Waals surface area contributed by atoms with Crippen LogP contribution in [0.15, 0.2) is 197 Å². The molecule has 0 amide bonds. The number of nitrogen functional groups attached to an aromatic ring is 4. The van der Waals surface area contributed by atoms with Crippen LogP contribution in [0.25, 0.3) is 10.8 Å². The molecule has 0 atom stereocenters.